The van der Waals surface area contributed by atoms with Crippen LogP contribution in [0.2, 0.25) is 0 Å². The molecule has 2 heterocycles. The monoisotopic (exact) mass is 463 g/mol. The van der Waals surface area contributed by atoms with Gasteiger partial charge in [-0.1, -0.05) is 26.0 Å². The maximum absolute atomic E-state index is 12.7. The van der Waals surface area contributed by atoms with Gasteiger partial charge < -0.3 is 9.80 Å². The van der Waals surface area contributed by atoms with Crippen molar-refractivity contribution in [1.29, 1.82) is 0 Å². The zero-order valence-corrected chi connectivity index (χ0v) is 20.3. The predicted octanol–water partition coefficient (Wildman–Crippen LogP) is 2.90. The number of piperidine rings is 2. The number of benzene rings is 1. The quantitative estimate of drug-likeness (QED) is 0.594. The first kappa shape index (κ1) is 24.7. The second-order valence-electron chi connectivity index (χ2n) is 8.77. The van der Waals surface area contributed by atoms with Gasteiger partial charge in [0, 0.05) is 51.6 Å². The normalized spacial score (nSPS) is 18.2. The molecular weight excluding hydrogens is 426 g/mol. The molecule has 2 fully saturated rings. The number of nitrogens with zero attached hydrogens (tertiary/aromatic N) is 3. The van der Waals surface area contributed by atoms with E-state index in [9.17, 15) is 18.0 Å². The lowest BCUT2D eigenvalue weighted by Gasteiger charge is -2.35. The van der Waals surface area contributed by atoms with E-state index in [0.717, 1.165) is 44.3 Å². The summed E-state index contributed by atoms with van der Waals surface area (Å²) in [4.78, 5) is 29.5. The minimum absolute atomic E-state index is 0.0532. The molecule has 0 aromatic heterocycles. The molecule has 0 aliphatic carbocycles. The molecule has 0 atom stereocenters. The van der Waals surface area contributed by atoms with Gasteiger partial charge in [-0.15, -0.1) is 0 Å². The summed E-state index contributed by atoms with van der Waals surface area (Å²) in [5.74, 6) is 0.433. The Morgan fingerprint density at radius 1 is 0.906 bits per heavy atom. The summed E-state index contributed by atoms with van der Waals surface area (Å²) >= 11 is 0. The van der Waals surface area contributed by atoms with E-state index in [1.807, 2.05) is 23.6 Å². The zero-order valence-electron chi connectivity index (χ0n) is 19.5. The second kappa shape index (κ2) is 11.3. The summed E-state index contributed by atoms with van der Waals surface area (Å²) in [6.07, 6.45) is 5.89. The highest BCUT2D eigenvalue weighted by Gasteiger charge is 2.30. The molecule has 3 rings (SSSR count). The molecular formula is C24H37N3O4S. The van der Waals surface area contributed by atoms with Crippen LogP contribution in [0.5, 0.6) is 0 Å². The third-order valence-corrected chi connectivity index (χ3v) is 8.82. The minimum Gasteiger partial charge on any atom is -0.343 e. The maximum Gasteiger partial charge on any atom is 0.243 e. The van der Waals surface area contributed by atoms with E-state index < -0.39 is 10.0 Å². The molecule has 0 unspecified atom stereocenters. The van der Waals surface area contributed by atoms with Gasteiger partial charge in [0.05, 0.1) is 4.90 Å². The highest BCUT2D eigenvalue weighted by atomic mass is 32.2. The van der Waals surface area contributed by atoms with Crippen molar-refractivity contribution < 1.29 is 18.0 Å². The highest BCUT2D eigenvalue weighted by Crippen LogP contribution is 2.23. The zero-order chi connectivity index (χ0) is 23.1. The third kappa shape index (κ3) is 5.90. The molecule has 178 valence electrons. The second-order valence-corrected chi connectivity index (χ2v) is 10.7. The van der Waals surface area contributed by atoms with Crippen molar-refractivity contribution in [3.8, 4) is 0 Å². The van der Waals surface area contributed by atoms with Gasteiger partial charge >= 0.3 is 0 Å². The maximum atomic E-state index is 12.7. The Balaban J connectivity index is 1.46. The molecule has 1 aromatic carbocycles. The van der Waals surface area contributed by atoms with E-state index in [2.05, 4.69) is 0 Å². The van der Waals surface area contributed by atoms with Crippen molar-refractivity contribution in [3.63, 3.8) is 0 Å². The number of sulfonamides is 1. The van der Waals surface area contributed by atoms with E-state index in [4.69, 9.17) is 0 Å². The molecule has 2 aliphatic rings. The van der Waals surface area contributed by atoms with Crippen LogP contribution < -0.4 is 0 Å². The van der Waals surface area contributed by atoms with Crippen LogP contribution in [0.1, 0.15) is 57.9 Å². The van der Waals surface area contributed by atoms with E-state index in [-0.39, 0.29) is 22.6 Å². The average molecular weight is 464 g/mol. The molecule has 0 saturated carbocycles. The molecule has 0 N–H and O–H groups in total. The Bertz CT molecular complexity index is 867. The summed E-state index contributed by atoms with van der Waals surface area (Å²) in [6, 6.07) is 6.86. The van der Waals surface area contributed by atoms with Crippen LogP contribution in [-0.4, -0.2) is 73.6 Å². The molecule has 0 bridgehead atoms. The number of hydrogen-bond acceptors (Lipinski definition) is 4. The van der Waals surface area contributed by atoms with Crippen molar-refractivity contribution >= 4 is 21.8 Å². The smallest absolute Gasteiger partial charge is 0.243 e. The highest BCUT2D eigenvalue weighted by molar-refractivity contribution is 7.89. The number of rotatable bonds is 8. The number of likely N-dealkylation sites (tertiary alicyclic amines) is 2. The molecule has 0 spiro atoms. The molecule has 0 radical (unpaired) electrons. The van der Waals surface area contributed by atoms with Gasteiger partial charge in [0.1, 0.15) is 0 Å². The Morgan fingerprint density at radius 3 is 2.06 bits per heavy atom. The fraction of sp³-hybridized carbons (Fsp3) is 0.667. The van der Waals surface area contributed by atoms with Crippen LogP contribution in [0.4, 0.5) is 0 Å². The Hall–Kier alpha value is -1.93. The topological polar surface area (TPSA) is 78.0 Å². The molecule has 8 heteroatoms. The molecule has 2 aliphatic heterocycles. The number of amides is 2. The van der Waals surface area contributed by atoms with Gasteiger partial charge in [-0.05, 0) is 56.2 Å². The van der Waals surface area contributed by atoms with E-state index in [0.29, 0.717) is 39.0 Å². The third-order valence-electron chi connectivity index (χ3n) is 6.76. The van der Waals surface area contributed by atoms with Gasteiger partial charge in [0.15, 0.2) is 0 Å². The largest absolute Gasteiger partial charge is 0.343 e. The number of aryl methyl sites for hydroxylation is 1. The van der Waals surface area contributed by atoms with Gasteiger partial charge in [0.2, 0.25) is 21.8 Å². The van der Waals surface area contributed by atoms with Crippen molar-refractivity contribution in [3.05, 3.63) is 29.8 Å². The summed E-state index contributed by atoms with van der Waals surface area (Å²) in [6.45, 7) is 7.58. The molecule has 2 saturated heterocycles. The summed E-state index contributed by atoms with van der Waals surface area (Å²) in [7, 11) is -3.46. The fourth-order valence-corrected chi connectivity index (χ4v) is 6.16. The van der Waals surface area contributed by atoms with E-state index >= 15 is 0 Å². The first-order chi connectivity index (χ1) is 15.4. The minimum atomic E-state index is -3.46. The number of carbonyl (C=O) groups is 2. The van der Waals surface area contributed by atoms with Crippen LogP contribution in [0.25, 0.3) is 0 Å². The number of carbonyl (C=O) groups excluding carboxylic acids is 2. The number of hydrogen-bond donors (Lipinski definition) is 0. The first-order valence-electron chi connectivity index (χ1n) is 12.0. The van der Waals surface area contributed by atoms with Crippen LogP contribution in [0, 0.1) is 5.92 Å². The Morgan fingerprint density at radius 2 is 1.50 bits per heavy atom. The van der Waals surface area contributed by atoms with Crippen LogP contribution >= 0.6 is 0 Å². The van der Waals surface area contributed by atoms with Crippen LogP contribution in [-0.2, 0) is 26.0 Å². The van der Waals surface area contributed by atoms with Gasteiger partial charge in [-0.25, -0.2) is 8.42 Å². The van der Waals surface area contributed by atoms with Gasteiger partial charge in [0.25, 0.3) is 0 Å². The summed E-state index contributed by atoms with van der Waals surface area (Å²) in [5, 5.41) is 0. The van der Waals surface area contributed by atoms with Crippen molar-refractivity contribution in [2.45, 2.75) is 63.7 Å². The lowest BCUT2D eigenvalue weighted by molar-refractivity contribution is -0.141. The summed E-state index contributed by atoms with van der Waals surface area (Å²) in [5.41, 5.74) is 0.951. The van der Waals surface area contributed by atoms with E-state index in [1.165, 1.54) is 10.7 Å². The molecule has 7 nitrogen and oxygen atoms in total. The summed E-state index contributed by atoms with van der Waals surface area (Å²) < 4.78 is 26.6. The van der Waals surface area contributed by atoms with Crippen LogP contribution in [0.15, 0.2) is 29.2 Å². The van der Waals surface area contributed by atoms with Gasteiger partial charge in [-0.2, -0.15) is 4.31 Å². The predicted molar refractivity (Wildman–Crippen MR) is 125 cm³/mol. The molecule has 2 amide bonds. The molecule has 32 heavy (non-hydrogen) atoms. The lowest BCUT2D eigenvalue weighted by atomic mass is 9.94. The van der Waals surface area contributed by atoms with Crippen molar-refractivity contribution in [1.82, 2.24) is 14.1 Å². The SMILES string of the molecule is CCN(CC)S(=O)(=O)c1ccc(CCC(=O)N2CCC(C(=O)N3CCCCC3)CC2)cc1. The standard InChI is InChI=1S/C24H37N3O4S/c1-3-27(4-2)32(30,31)22-11-8-20(9-12-22)10-13-23(28)25-18-14-21(15-19-25)24(29)26-16-6-5-7-17-26/h8-9,11-12,21H,3-7,10,13-19H2,1-2H3. The Kier molecular flexibility index (Phi) is 8.71. The van der Waals surface area contributed by atoms with Crippen molar-refractivity contribution in [2.75, 3.05) is 39.3 Å². The lowest BCUT2D eigenvalue weighted by Crippen LogP contribution is -2.45. The van der Waals surface area contributed by atoms with Crippen molar-refractivity contribution in [2.24, 2.45) is 5.92 Å². The first-order valence-corrected chi connectivity index (χ1v) is 13.5. The van der Waals surface area contributed by atoms with Gasteiger partial charge in [-0.3, -0.25) is 9.59 Å². The average Bonchev–Trinajstić information content (AvgIpc) is 2.83. The van der Waals surface area contributed by atoms with E-state index in [1.54, 1.807) is 24.3 Å². The fourth-order valence-electron chi connectivity index (χ4n) is 4.70. The Labute approximate surface area is 192 Å². The van der Waals surface area contributed by atoms with Crippen LogP contribution in [0.3, 0.4) is 0 Å². The molecule has 1 aromatic rings.